The van der Waals surface area contributed by atoms with Gasteiger partial charge >= 0.3 is 16.3 Å². The van der Waals surface area contributed by atoms with E-state index in [1.165, 1.54) is 30.3 Å². The molecule has 0 heterocycles. The van der Waals surface area contributed by atoms with Crippen LogP contribution in [0.2, 0.25) is 0 Å². The van der Waals surface area contributed by atoms with E-state index in [0.29, 0.717) is 24.0 Å². The van der Waals surface area contributed by atoms with Crippen LogP contribution in [-0.2, 0) is 12.8 Å². The van der Waals surface area contributed by atoms with Gasteiger partial charge in [-0.05, 0) is 58.9 Å². The molecule has 4 aromatic carbocycles. The van der Waals surface area contributed by atoms with Crippen molar-refractivity contribution in [2.75, 3.05) is 0 Å². The highest BCUT2D eigenvalue weighted by atomic mass is 32.5. The maximum atomic E-state index is 14.7. The summed E-state index contributed by atoms with van der Waals surface area (Å²) in [6, 6.07) is 15.9. The Morgan fingerprint density at radius 1 is 0.525 bits per heavy atom. The third-order valence-electron chi connectivity index (χ3n) is 6.02. The molecule has 40 heavy (non-hydrogen) atoms. The summed E-state index contributed by atoms with van der Waals surface area (Å²) in [4.78, 5) is -3.28. The van der Waals surface area contributed by atoms with Crippen LogP contribution in [0.4, 0.5) is 45.8 Å². The van der Waals surface area contributed by atoms with Crippen molar-refractivity contribution in [2.24, 2.45) is 0 Å². The van der Waals surface area contributed by atoms with E-state index >= 15 is 0 Å². The third kappa shape index (κ3) is 6.49. The first-order valence-electron chi connectivity index (χ1n) is 11.4. The van der Waals surface area contributed by atoms with E-state index in [0.717, 1.165) is 23.3 Å². The molecule has 0 aliphatic carbocycles. The molecule has 0 aromatic heterocycles. The van der Waals surface area contributed by atoms with Crippen LogP contribution in [0.25, 0.3) is 28.1 Å². The Hall–Kier alpha value is -3.80. The summed E-state index contributed by atoms with van der Waals surface area (Å²) >= 11 is 0. The Balaban J connectivity index is 1.47. The highest BCUT2D eigenvalue weighted by Gasteiger charge is 2.68. The molecule has 12 heteroatoms. The lowest BCUT2D eigenvalue weighted by Gasteiger charge is -2.40. The molecule has 0 amide bonds. The Bertz CT molecular complexity index is 1580. The van der Waals surface area contributed by atoms with Gasteiger partial charge in [-0.15, -0.1) is 0 Å². The van der Waals surface area contributed by atoms with Crippen LogP contribution in [0.1, 0.15) is 16.7 Å². The standard InChI is InChI=1S/C28H17F11S/c29-23-13-17(5-12-22(23)21-14-24(30)27(25(31)15-21)40(35,36,37,38)39)2-1-16-3-6-18(7-4-16)19-8-10-20(11-9-19)26(32)28(33)34/h3-15H,1-2H2. The van der Waals surface area contributed by atoms with Crippen molar-refractivity contribution in [3.63, 3.8) is 0 Å². The number of halogens is 11. The Kier molecular flexibility index (Phi) is 7.07. The van der Waals surface area contributed by atoms with Crippen molar-refractivity contribution in [3.05, 3.63) is 119 Å². The lowest BCUT2D eigenvalue weighted by atomic mass is 9.98. The fourth-order valence-corrected chi connectivity index (χ4v) is 4.96. The van der Waals surface area contributed by atoms with E-state index in [1.54, 1.807) is 24.3 Å². The fraction of sp³-hybridized carbons (Fsp3) is 0.0714. The second kappa shape index (κ2) is 9.69. The molecule has 0 atom stereocenters. The van der Waals surface area contributed by atoms with Gasteiger partial charge in [0.2, 0.25) is 0 Å². The average Bonchev–Trinajstić information content (AvgIpc) is 2.85. The molecule has 0 unspecified atom stereocenters. The summed E-state index contributed by atoms with van der Waals surface area (Å²) in [6.45, 7) is 0. The first-order chi connectivity index (χ1) is 18.4. The lowest BCUT2D eigenvalue weighted by molar-refractivity contribution is 0.345. The monoisotopic (exact) mass is 594 g/mol. The van der Waals surface area contributed by atoms with Crippen molar-refractivity contribution in [3.8, 4) is 22.3 Å². The van der Waals surface area contributed by atoms with Crippen molar-refractivity contribution in [1.29, 1.82) is 0 Å². The third-order valence-corrected chi connectivity index (χ3v) is 7.18. The Morgan fingerprint density at radius 3 is 1.48 bits per heavy atom. The van der Waals surface area contributed by atoms with Crippen LogP contribution in [0, 0.1) is 17.5 Å². The van der Waals surface area contributed by atoms with Gasteiger partial charge in [-0.3, -0.25) is 0 Å². The molecule has 0 N–H and O–H groups in total. The molecule has 0 nitrogen and oxygen atoms in total. The molecule has 212 valence electrons. The number of aryl methyl sites for hydroxylation is 2. The van der Waals surface area contributed by atoms with E-state index in [9.17, 15) is 45.8 Å². The van der Waals surface area contributed by atoms with E-state index < -0.39 is 55.6 Å². The van der Waals surface area contributed by atoms with Crippen molar-refractivity contribution >= 4 is 16.1 Å². The molecule has 0 aliphatic heterocycles. The second-order valence-corrected chi connectivity index (χ2v) is 11.2. The van der Waals surface area contributed by atoms with E-state index in [4.69, 9.17) is 0 Å². The summed E-state index contributed by atoms with van der Waals surface area (Å²) in [6.07, 6.45) is -1.69. The van der Waals surface area contributed by atoms with Gasteiger partial charge in [0.25, 0.3) is 0 Å². The number of hydrogen-bond donors (Lipinski definition) is 0. The number of benzene rings is 4. The van der Waals surface area contributed by atoms with E-state index in [1.807, 2.05) is 0 Å². The summed E-state index contributed by atoms with van der Waals surface area (Å²) in [5, 5.41) is 0. The molecule has 0 bridgehead atoms. The highest BCUT2D eigenvalue weighted by Crippen LogP contribution is 3.02. The summed E-state index contributed by atoms with van der Waals surface area (Å²) in [5.74, 6) is -7.71. The number of hydrogen-bond acceptors (Lipinski definition) is 0. The second-order valence-electron chi connectivity index (χ2n) is 8.90. The molecule has 0 aliphatic rings. The SMILES string of the molecule is FC(F)=C(F)c1ccc(-c2ccc(CCc3ccc(-c4cc(F)c(S(F)(F)(F)(F)F)c(F)c4)c(F)c3)cc2)cc1. The number of rotatable bonds is 7. The Labute approximate surface area is 221 Å². The maximum Gasteiger partial charge on any atom is 0.315 e. The average molecular weight is 594 g/mol. The van der Waals surface area contributed by atoms with Crippen LogP contribution < -0.4 is 0 Å². The van der Waals surface area contributed by atoms with Crippen molar-refractivity contribution in [2.45, 2.75) is 17.7 Å². The molecule has 0 saturated heterocycles. The van der Waals surface area contributed by atoms with Crippen LogP contribution in [0.5, 0.6) is 0 Å². The highest BCUT2D eigenvalue weighted by molar-refractivity contribution is 8.45. The minimum absolute atomic E-state index is 0.00995. The van der Waals surface area contributed by atoms with Gasteiger partial charge < -0.3 is 0 Å². The first kappa shape index (κ1) is 29.2. The van der Waals surface area contributed by atoms with Crippen LogP contribution in [0.3, 0.4) is 0 Å². The molecule has 0 spiro atoms. The van der Waals surface area contributed by atoms with Crippen LogP contribution in [0.15, 0.2) is 89.8 Å². The van der Waals surface area contributed by atoms with E-state index in [2.05, 4.69) is 0 Å². The molecule has 0 fully saturated rings. The molecule has 4 rings (SSSR count). The maximum absolute atomic E-state index is 14.7. The van der Waals surface area contributed by atoms with Gasteiger partial charge in [-0.2, -0.15) is 8.78 Å². The zero-order chi connectivity index (χ0) is 29.5. The molecule has 0 saturated carbocycles. The molecular formula is C28H17F11S. The quantitative estimate of drug-likeness (QED) is 0.187. The van der Waals surface area contributed by atoms with E-state index in [-0.39, 0.29) is 17.7 Å². The van der Waals surface area contributed by atoms with Gasteiger partial charge in [0.15, 0.2) is 10.7 Å². The minimum Gasteiger partial charge on any atom is -0.206 e. The van der Waals surface area contributed by atoms with Crippen LogP contribution >= 0.6 is 10.2 Å². The van der Waals surface area contributed by atoms with Gasteiger partial charge in [-0.1, -0.05) is 80.1 Å². The summed E-state index contributed by atoms with van der Waals surface area (Å²) in [5.41, 5.74) is 1.25. The lowest BCUT2D eigenvalue weighted by Crippen LogP contribution is -2.11. The fourth-order valence-electron chi connectivity index (χ4n) is 4.10. The van der Waals surface area contributed by atoms with Gasteiger partial charge in [0.05, 0.1) is 0 Å². The van der Waals surface area contributed by atoms with Gasteiger partial charge in [0, 0.05) is 11.1 Å². The zero-order valence-electron chi connectivity index (χ0n) is 20.0. The predicted molar refractivity (Wildman–Crippen MR) is 133 cm³/mol. The summed E-state index contributed by atoms with van der Waals surface area (Å²) in [7, 11) is -10.7. The van der Waals surface area contributed by atoms with Crippen LogP contribution in [-0.4, -0.2) is 0 Å². The largest absolute Gasteiger partial charge is 0.315 e. The molecule has 0 radical (unpaired) electrons. The minimum atomic E-state index is -10.7. The van der Waals surface area contributed by atoms with Crippen molar-refractivity contribution < 1.29 is 45.8 Å². The summed E-state index contributed by atoms with van der Waals surface area (Å²) < 4.78 is 145. The molecular weight excluding hydrogens is 577 g/mol. The predicted octanol–water partition coefficient (Wildman–Crippen LogP) is 11.4. The first-order valence-corrected chi connectivity index (χ1v) is 13.3. The van der Waals surface area contributed by atoms with Crippen molar-refractivity contribution in [1.82, 2.24) is 0 Å². The normalized spacial score (nSPS) is 13.5. The Morgan fingerprint density at radius 2 is 1.00 bits per heavy atom. The zero-order valence-corrected chi connectivity index (χ0v) is 20.8. The molecule has 4 aromatic rings. The topological polar surface area (TPSA) is 0 Å². The van der Waals surface area contributed by atoms with Gasteiger partial charge in [0.1, 0.15) is 17.5 Å². The smallest absolute Gasteiger partial charge is 0.206 e. The van der Waals surface area contributed by atoms with Gasteiger partial charge in [-0.25, -0.2) is 17.6 Å².